The molecule has 3 amide bonds. The number of urea groups is 1. The van der Waals surface area contributed by atoms with Gasteiger partial charge in [0, 0.05) is 48.0 Å². The Labute approximate surface area is 168 Å². The number of carbonyl (C=O) groups is 2. The van der Waals surface area contributed by atoms with Crippen LogP contribution in [0.1, 0.15) is 29.7 Å². The highest BCUT2D eigenvalue weighted by Gasteiger charge is 2.21. The summed E-state index contributed by atoms with van der Waals surface area (Å²) >= 11 is 1.67. The van der Waals surface area contributed by atoms with Crippen molar-refractivity contribution in [3.05, 3.63) is 58.4 Å². The van der Waals surface area contributed by atoms with Gasteiger partial charge in [-0.1, -0.05) is 31.2 Å². The second-order valence-corrected chi connectivity index (χ2v) is 7.73. The fraction of sp³-hybridized carbons (Fsp3) is 0.333. The molecule has 7 heteroatoms. The maximum Gasteiger partial charge on any atom is 0.317 e. The van der Waals surface area contributed by atoms with E-state index in [0.717, 1.165) is 22.9 Å². The van der Waals surface area contributed by atoms with Gasteiger partial charge in [0.05, 0.1) is 0 Å². The summed E-state index contributed by atoms with van der Waals surface area (Å²) in [6.07, 6.45) is 2.89. The number of H-pyrrole nitrogens is 1. The van der Waals surface area contributed by atoms with Gasteiger partial charge in [-0.2, -0.15) is 0 Å². The molecule has 1 atom stereocenters. The highest BCUT2D eigenvalue weighted by molar-refractivity contribution is 7.10. The number of carbonyl (C=O) groups excluding carboxylic acids is 2. The smallest absolute Gasteiger partial charge is 0.317 e. The lowest BCUT2D eigenvalue weighted by Gasteiger charge is -2.21. The molecular formula is C21H26N4O2S. The van der Waals surface area contributed by atoms with Crippen molar-refractivity contribution in [2.75, 3.05) is 26.7 Å². The van der Waals surface area contributed by atoms with Crippen molar-refractivity contribution in [2.24, 2.45) is 0 Å². The highest BCUT2D eigenvalue weighted by atomic mass is 32.1. The minimum atomic E-state index is -0.256. The fourth-order valence-electron chi connectivity index (χ4n) is 3.17. The Kier molecular flexibility index (Phi) is 6.71. The van der Waals surface area contributed by atoms with Crippen LogP contribution in [0.15, 0.2) is 48.0 Å². The van der Waals surface area contributed by atoms with Crippen LogP contribution in [0.2, 0.25) is 0 Å². The van der Waals surface area contributed by atoms with Crippen LogP contribution in [-0.4, -0.2) is 48.5 Å². The summed E-state index contributed by atoms with van der Waals surface area (Å²) < 4.78 is 0. The van der Waals surface area contributed by atoms with Crippen LogP contribution in [0.5, 0.6) is 0 Å². The number of hydrogen-bond acceptors (Lipinski definition) is 3. The molecule has 0 saturated carbocycles. The normalized spacial score (nSPS) is 11.9. The van der Waals surface area contributed by atoms with Gasteiger partial charge in [0.1, 0.15) is 6.54 Å². The maximum absolute atomic E-state index is 12.5. The van der Waals surface area contributed by atoms with E-state index in [0.29, 0.717) is 13.1 Å². The average Bonchev–Trinajstić information content (AvgIpc) is 3.37. The summed E-state index contributed by atoms with van der Waals surface area (Å²) in [5.41, 5.74) is 2.23. The Hall–Kier alpha value is -2.80. The summed E-state index contributed by atoms with van der Waals surface area (Å²) in [6, 6.07) is 12.0. The van der Waals surface area contributed by atoms with Crippen molar-refractivity contribution >= 4 is 34.2 Å². The molecule has 3 rings (SSSR count). The zero-order valence-electron chi connectivity index (χ0n) is 16.2. The lowest BCUT2D eigenvalue weighted by atomic mass is 9.97. The van der Waals surface area contributed by atoms with Crippen molar-refractivity contribution in [1.82, 2.24) is 20.5 Å². The number of aromatic amines is 1. The van der Waals surface area contributed by atoms with Gasteiger partial charge < -0.3 is 20.5 Å². The minimum absolute atomic E-state index is 0.0439. The molecule has 3 N–H and O–H groups in total. The van der Waals surface area contributed by atoms with Crippen molar-refractivity contribution in [3.63, 3.8) is 0 Å². The minimum Gasteiger partial charge on any atom is -0.361 e. The third-order valence-corrected chi connectivity index (χ3v) is 5.63. The van der Waals surface area contributed by atoms with E-state index < -0.39 is 0 Å². The molecule has 2 heterocycles. The van der Waals surface area contributed by atoms with Crippen molar-refractivity contribution in [1.29, 1.82) is 0 Å². The Morgan fingerprint density at radius 3 is 2.75 bits per heavy atom. The second-order valence-electron chi connectivity index (χ2n) is 6.75. The van der Waals surface area contributed by atoms with Crippen LogP contribution < -0.4 is 10.6 Å². The van der Waals surface area contributed by atoms with E-state index >= 15 is 0 Å². The molecule has 0 bridgehead atoms. The molecule has 1 unspecified atom stereocenters. The van der Waals surface area contributed by atoms with Gasteiger partial charge in [-0.3, -0.25) is 4.79 Å². The molecule has 1 aromatic carbocycles. The predicted molar refractivity (Wildman–Crippen MR) is 114 cm³/mol. The summed E-state index contributed by atoms with van der Waals surface area (Å²) in [5.74, 6) is -0.103. The van der Waals surface area contributed by atoms with Crippen molar-refractivity contribution < 1.29 is 9.59 Å². The number of amides is 3. The van der Waals surface area contributed by atoms with Gasteiger partial charge in [0.2, 0.25) is 5.91 Å². The number of para-hydroxylation sites is 1. The summed E-state index contributed by atoms with van der Waals surface area (Å²) in [5, 5.41) is 8.97. The molecule has 148 valence electrons. The van der Waals surface area contributed by atoms with Gasteiger partial charge in [-0.15, -0.1) is 11.3 Å². The summed E-state index contributed by atoms with van der Waals surface area (Å²) in [7, 11) is 1.63. The third kappa shape index (κ3) is 4.72. The molecule has 2 aromatic heterocycles. The first-order valence-corrected chi connectivity index (χ1v) is 10.3. The van der Waals surface area contributed by atoms with Gasteiger partial charge >= 0.3 is 6.03 Å². The first-order valence-electron chi connectivity index (χ1n) is 9.45. The Bertz CT molecular complexity index is 920. The number of aromatic nitrogens is 1. The highest BCUT2D eigenvalue weighted by Crippen LogP contribution is 2.32. The Balaban J connectivity index is 1.69. The molecule has 6 nitrogen and oxygen atoms in total. The monoisotopic (exact) mass is 398 g/mol. The van der Waals surface area contributed by atoms with Gasteiger partial charge in [-0.25, -0.2) is 4.79 Å². The first kappa shape index (κ1) is 19.9. The number of nitrogens with one attached hydrogen (secondary N) is 3. The van der Waals surface area contributed by atoms with E-state index in [4.69, 9.17) is 0 Å². The molecule has 0 saturated heterocycles. The SMILES string of the molecule is CCCNC(=O)CN(C)C(=O)NCC(c1cccs1)c1c[nH]c2ccccc12. The average molecular weight is 399 g/mol. The molecular weight excluding hydrogens is 372 g/mol. The van der Waals surface area contributed by atoms with Gasteiger partial charge in [0.15, 0.2) is 0 Å². The summed E-state index contributed by atoms with van der Waals surface area (Å²) in [6.45, 7) is 3.12. The molecule has 0 radical (unpaired) electrons. The largest absolute Gasteiger partial charge is 0.361 e. The zero-order chi connectivity index (χ0) is 19.9. The molecule has 0 aliphatic rings. The van der Waals surface area contributed by atoms with Gasteiger partial charge in [-0.05, 0) is 29.5 Å². The molecule has 0 aliphatic heterocycles. The Morgan fingerprint density at radius 1 is 1.18 bits per heavy atom. The van der Waals surface area contributed by atoms with Crippen LogP contribution in [-0.2, 0) is 4.79 Å². The van der Waals surface area contributed by atoms with Crippen LogP contribution >= 0.6 is 11.3 Å². The molecule has 0 fully saturated rings. The number of fused-ring (bicyclic) bond motifs is 1. The third-order valence-electron chi connectivity index (χ3n) is 4.64. The van der Waals surface area contributed by atoms with E-state index in [-0.39, 0.29) is 24.4 Å². The molecule has 0 spiro atoms. The number of likely N-dealkylation sites (N-methyl/N-ethyl adjacent to an activating group) is 1. The standard InChI is InChI=1S/C21H26N4O2S/c1-3-10-22-20(26)14-25(2)21(27)24-13-17(19-9-6-11-28-19)16-12-23-18-8-5-4-7-15(16)18/h4-9,11-12,17,23H,3,10,13-14H2,1-2H3,(H,22,26)(H,24,27). The van der Waals surface area contributed by atoms with E-state index in [1.165, 1.54) is 9.78 Å². The van der Waals surface area contributed by atoms with Crippen LogP contribution in [0.4, 0.5) is 4.79 Å². The quantitative estimate of drug-likeness (QED) is 0.543. The van der Waals surface area contributed by atoms with E-state index in [1.807, 2.05) is 42.8 Å². The lowest BCUT2D eigenvalue weighted by Crippen LogP contribution is -2.44. The first-order chi connectivity index (χ1) is 13.6. The van der Waals surface area contributed by atoms with E-state index in [9.17, 15) is 9.59 Å². The van der Waals surface area contributed by atoms with E-state index in [2.05, 4.69) is 27.8 Å². The number of rotatable bonds is 8. The number of thiophene rings is 1. The fourth-order valence-corrected chi connectivity index (χ4v) is 4.01. The zero-order valence-corrected chi connectivity index (χ0v) is 17.0. The van der Waals surface area contributed by atoms with Crippen LogP contribution in [0, 0.1) is 0 Å². The number of benzene rings is 1. The predicted octanol–water partition coefficient (Wildman–Crippen LogP) is 3.53. The second kappa shape index (κ2) is 9.41. The summed E-state index contributed by atoms with van der Waals surface area (Å²) in [4.78, 5) is 30.2. The maximum atomic E-state index is 12.5. The molecule has 3 aromatic rings. The lowest BCUT2D eigenvalue weighted by molar-refractivity contribution is -0.121. The van der Waals surface area contributed by atoms with Crippen LogP contribution in [0.25, 0.3) is 10.9 Å². The Morgan fingerprint density at radius 2 is 2.00 bits per heavy atom. The van der Waals surface area contributed by atoms with Crippen LogP contribution in [0.3, 0.4) is 0 Å². The van der Waals surface area contributed by atoms with Gasteiger partial charge in [0.25, 0.3) is 0 Å². The van der Waals surface area contributed by atoms with Crippen molar-refractivity contribution in [3.8, 4) is 0 Å². The topological polar surface area (TPSA) is 77.2 Å². The van der Waals surface area contributed by atoms with E-state index in [1.54, 1.807) is 18.4 Å². The number of hydrogen-bond donors (Lipinski definition) is 3. The van der Waals surface area contributed by atoms with Crippen molar-refractivity contribution in [2.45, 2.75) is 19.3 Å². The number of nitrogens with zero attached hydrogens (tertiary/aromatic N) is 1. The molecule has 0 aliphatic carbocycles. The molecule has 28 heavy (non-hydrogen) atoms.